The van der Waals surface area contributed by atoms with Gasteiger partial charge in [-0.05, 0) is 38.5 Å². The van der Waals surface area contributed by atoms with Crippen LogP contribution >= 0.6 is 0 Å². The zero-order valence-corrected chi connectivity index (χ0v) is 10.4. The number of fused-ring (bicyclic) bond motifs is 1. The van der Waals surface area contributed by atoms with Crippen molar-refractivity contribution in [3.05, 3.63) is 0 Å². The molecule has 3 aliphatic rings. The van der Waals surface area contributed by atoms with E-state index >= 15 is 0 Å². The SMILES string of the molecule is O=C(O)C1(C(=O)NC2CCCC3OCCC23)CC1. The Morgan fingerprint density at radius 1 is 1.22 bits per heavy atom. The van der Waals surface area contributed by atoms with Gasteiger partial charge in [-0.2, -0.15) is 0 Å². The van der Waals surface area contributed by atoms with Crippen molar-refractivity contribution < 1.29 is 19.4 Å². The fraction of sp³-hybridized carbons (Fsp3) is 0.846. The monoisotopic (exact) mass is 253 g/mol. The topological polar surface area (TPSA) is 75.6 Å². The van der Waals surface area contributed by atoms with Crippen molar-refractivity contribution in [1.82, 2.24) is 5.32 Å². The highest BCUT2D eigenvalue weighted by Crippen LogP contribution is 2.46. The Morgan fingerprint density at radius 2 is 2.00 bits per heavy atom. The van der Waals surface area contributed by atoms with Gasteiger partial charge in [0, 0.05) is 18.6 Å². The first-order valence-corrected chi connectivity index (χ1v) is 6.79. The lowest BCUT2D eigenvalue weighted by molar-refractivity contribution is -0.149. The molecule has 0 aromatic rings. The molecule has 100 valence electrons. The van der Waals surface area contributed by atoms with Gasteiger partial charge in [0.15, 0.2) is 0 Å². The molecule has 1 amide bonds. The van der Waals surface area contributed by atoms with E-state index < -0.39 is 11.4 Å². The third kappa shape index (κ3) is 1.81. The summed E-state index contributed by atoms with van der Waals surface area (Å²) in [5.74, 6) is -0.880. The molecular formula is C13H19NO4. The summed E-state index contributed by atoms with van der Waals surface area (Å²) in [5.41, 5.74) is -1.12. The predicted molar refractivity (Wildman–Crippen MR) is 62.9 cm³/mol. The van der Waals surface area contributed by atoms with Gasteiger partial charge in [-0.3, -0.25) is 9.59 Å². The number of amides is 1. The van der Waals surface area contributed by atoms with Crippen molar-refractivity contribution in [2.45, 2.75) is 50.7 Å². The van der Waals surface area contributed by atoms with E-state index in [0.717, 1.165) is 32.3 Å². The summed E-state index contributed by atoms with van der Waals surface area (Å²) in [5, 5.41) is 12.1. The van der Waals surface area contributed by atoms with E-state index in [1.54, 1.807) is 0 Å². The Hall–Kier alpha value is -1.10. The van der Waals surface area contributed by atoms with Crippen molar-refractivity contribution in [3.8, 4) is 0 Å². The smallest absolute Gasteiger partial charge is 0.319 e. The first-order chi connectivity index (χ1) is 8.63. The van der Waals surface area contributed by atoms with Gasteiger partial charge in [0.1, 0.15) is 5.41 Å². The number of hydrogen-bond donors (Lipinski definition) is 2. The number of carbonyl (C=O) groups is 2. The largest absolute Gasteiger partial charge is 0.480 e. The van der Waals surface area contributed by atoms with Gasteiger partial charge in [-0.25, -0.2) is 0 Å². The van der Waals surface area contributed by atoms with Crippen molar-refractivity contribution in [3.63, 3.8) is 0 Å². The maximum Gasteiger partial charge on any atom is 0.319 e. The van der Waals surface area contributed by atoms with Crippen molar-refractivity contribution >= 4 is 11.9 Å². The second kappa shape index (κ2) is 4.23. The van der Waals surface area contributed by atoms with Crippen LogP contribution in [0.5, 0.6) is 0 Å². The summed E-state index contributed by atoms with van der Waals surface area (Å²) in [7, 11) is 0. The van der Waals surface area contributed by atoms with E-state index in [1.165, 1.54) is 0 Å². The minimum absolute atomic E-state index is 0.107. The normalized spacial score (nSPS) is 36.8. The maximum atomic E-state index is 12.1. The van der Waals surface area contributed by atoms with Gasteiger partial charge in [0.25, 0.3) is 0 Å². The van der Waals surface area contributed by atoms with Crippen LogP contribution in [0.15, 0.2) is 0 Å². The molecule has 0 aromatic heterocycles. The number of hydrogen-bond acceptors (Lipinski definition) is 3. The molecule has 3 atom stereocenters. The number of rotatable bonds is 3. The van der Waals surface area contributed by atoms with E-state index in [2.05, 4.69) is 5.32 Å². The summed E-state index contributed by atoms with van der Waals surface area (Å²) in [6, 6.07) is 0.107. The molecule has 2 saturated carbocycles. The molecule has 1 heterocycles. The molecule has 0 spiro atoms. The Labute approximate surface area is 106 Å². The first-order valence-electron chi connectivity index (χ1n) is 6.79. The highest BCUT2D eigenvalue weighted by Gasteiger charge is 2.57. The van der Waals surface area contributed by atoms with Gasteiger partial charge in [0.05, 0.1) is 6.10 Å². The third-order valence-corrected chi connectivity index (χ3v) is 4.69. The van der Waals surface area contributed by atoms with Crippen LogP contribution in [0.1, 0.15) is 38.5 Å². The van der Waals surface area contributed by atoms with Crippen molar-refractivity contribution in [1.29, 1.82) is 0 Å². The minimum Gasteiger partial charge on any atom is -0.480 e. The number of aliphatic carboxylic acids is 1. The zero-order chi connectivity index (χ0) is 12.8. The highest BCUT2D eigenvalue weighted by molar-refractivity contribution is 6.04. The van der Waals surface area contributed by atoms with E-state index in [0.29, 0.717) is 18.8 Å². The number of nitrogens with one attached hydrogen (secondary N) is 1. The summed E-state index contributed by atoms with van der Waals surface area (Å²) in [4.78, 5) is 23.2. The van der Waals surface area contributed by atoms with Crippen LogP contribution in [0.4, 0.5) is 0 Å². The van der Waals surface area contributed by atoms with Gasteiger partial charge >= 0.3 is 5.97 Å². The number of carboxylic acid groups (broad SMARTS) is 1. The Kier molecular flexibility index (Phi) is 2.81. The Balaban J connectivity index is 1.65. The molecular weight excluding hydrogens is 234 g/mol. The number of ether oxygens (including phenoxy) is 1. The molecule has 3 fully saturated rings. The Morgan fingerprint density at radius 3 is 2.67 bits per heavy atom. The molecule has 5 heteroatoms. The molecule has 0 aromatic carbocycles. The quantitative estimate of drug-likeness (QED) is 0.733. The average molecular weight is 253 g/mol. The molecule has 2 aliphatic carbocycles. The van der Waals surface area contributed by atoms with Crippen LogP contribution in [0, 0.1) is 11.3 Å². The van der Waals surface area contributed by atoms with E-state index in [1.807, 2.05) is 0 Å². The predicted octanol–water partition coefficient (Wildman–Crippen LogP) is 0.925. The lowest BCUT2D eigenvalue weighted by atomic mass is 9.81. The molecule has 0 bridgehead atoms. The van der Waals surface area contributed by atoms with Crippen molar-refractivity contribution in [2.75, 3.05) is 6.61 Å². The van der Waals surface area contributed by atoms with Crippen LogP contribution in [-0.2, 0) is 14.3 Å². The molecule has 3 unspecified atom stereocenters. The lowest BCUT2D eigenvalue weighted by Gasteiger charge is -2.33. The average Bonchev–Trinajstić information content (AvgIpc) is 3.02. The van der Waals surface area contributed by atoms with Crippen molar-refractivity contribution in [2.24, 2.45) is 11.3 Å². The van der Waals surface area contributed by atoms with Crippen LogP contribution in [0.2, 0.25) is 0 Å². The maximum absolute atomic E-state index is 12.1. The third-order valence-electron chi connectivity index (χ3n) is 4.69. The second-order valence-electron chi connectivity index (χ2n) is 5.76. The molecule has 1 saturated heterocycles. The molecule has 2 N–H and O–H groups in total. The fourth-order valence-electron chi connectivity index (χ4n) is 3.32. The van der Waals surface area contributed by atoms with E-state index in [-0.39, 0.29) is 18.1 Å². The minimum atomic E-state index is -1.12. The first kappa shape index (κ1) is 12.0. The van der Waals surface area contributed by atoms with Crippen LogP contribution < -0.4 is 5.32 Å². The highest BCUT2D eigenvalue weighted by atomic mass is 16.5. The zero-order valence-electron chi connectivity index (χ0n) is 10.4. The molecule has 5 nitrogen and oxygen atoms in total. The van der Waals surface area contributed by atoms with Crippen LogP contribution in [0.25, 0.3) is 0 Å². The van der Waals surface area contributed by atoms with E-state index in [9.17, 15) is 9.59 Å². The van der Waals surface area contributed by atoms with Gasteiger partial charge in [-0.15, -0.1) is 0 Å². The van der Waals surface area contributed by atoms with E-state index in [4.69, 9.17) is 9.84 Å². The summed E-state index contributed by atoms with van der Waals surface area (Å²) < 4.78 is 5.65. The molecule has 18 heavy (non-hydrogen) atoms. The summed E-state index contributed by atoms with van der Waals surface area (Å²) >= 11 is 0. The number of carbonyl (C=O) groups excluding carboxylic acids is 1. The second-order valence-corrected chi connectivity index (χ2v) is 5.76. The molecule has 1 aliphatic heterocycles. The van der Waals surface area contributed by atoms with Crippen LogP contribution in [0.3, 0.4) is 0 Å². The summed E-state index contributed by atoms with van der Waals surface area (Å²) in [6.45, 7) is 0.770. The molecule has 3 rings (SSSR count). The lowest BCUT2D eigenvalue weighted by Crippen LogP contribution is -2.49. The van der Waals surface area contributed by atoms with Crippen LogP contribution in [-0.4, -0.2) is 35.7 Å². The van der Waals surface area contributed by atoms with Gasteiger partial charge in [0.2, 0.25) is 5.91 Å². The number of carboxylic acids is 1. The summed E-state index contributed by atoms with van der Waals surface area (Å²) in [6.07, 6.45) is 5.27. The van der Waals surface area contributed by atoms with Gasteiger partial charge < -0.3 is 15.2 Å². The van der Waals surface area contributed by atoms with Gasteiger partial charge in [-0.1, -0.05) is 0 Å². The Bertz CT molecular complexity index is 377. The molecule has 0 radical (unpaired) electrons. The standard InChI is InChI=1S/C13H19NO4/c15-11(13(5-6-13)12(16)17)14-9-2-1-3-10-8(9)4-7-18-10/h8-10H,1-7H2,(H,14,15)(H,16,17). The fourth-order valence-corrected chi connectivity index (χ4v) is 3.32.